The summed E-state index contributed by atoms with van der Waals surface area (Å²) < 4.78 is 10.8. The van der Waals surface area contributed by atoms with E-state index in [-0.39, 0.29) is 17.3 Å². The molecule has 1 saturated heterocycles. The lowest BCUT2D eigenvalue weighted by Crippen LogP contribution is -2.30. The van der Waals surface area contributed by atoms with E-state index in [2.05, 4.69) is 9.97 Å². The number of H-pyrrole nitrogens is 1. The minimum absolute atomic E-state index is 0.0124. The normalized spacial score (nSPS) is 17.1. The fourth-order valence-corrected chi connectivity index (χ4v) is 5.52. The van der Waals surface area contributed by atoms with Crippen LogP contribution in [0.15, 0.2) is 77.7 Å². The number of aromatic amines is 1. The highest BCUT2D eigenvalue weighted by atomic mass is 32.1. The number of hydrogen-bond acceptors (Lipinski definition) is 7. The zero-order chi connectivity index (χ0) is 25.7. The zero-order valence-electron chi connectivity index (χ0n) is 19.9. The molecule has 0 radical (unpaired) electrons. The SMILES string of the molecule is COc1cc2nc(N3C(=O)C(=O)/C(=C(/O)c4ccc5ccccc5c4)C3c3cccs3)[nH]c2cc1OC. The van der Waals surface area contributed by atoms with Gasteiger partial charge in [-0.15, -0.1) is 11.3 Å². The number of nitrogens with one attached hydrogen (secondary N) is 1. The number of Topliss-reactive ketones (excluding diaryl/α,β-unsaturated/α-hetero) is 1. The summed E-state index contributed by atoms with van der Waals surface area (Å²) in [6, 6.07) is 19.4. The maximum Gasteiger partial charge on any atom is 0.302 e. The first-order valence-corrected chi connectivity index (χ1v) is 12.3. The molecular formula is C28H21N3O5S. The molecule has 2 aromatic heterocycles. The average molecular weight is 512 g/mol. The second-order valence-corrected chi connectivity index (χ2v) is 9.51. The third-order valence-electron chi connectivity index (χ3n) is 6.48. The number of fused-ring (bicyclic) bond motifs is 2. The third kappa shape index (κ3) is 3.63. The van der Waals surface area contributed by atoms with Crippen LogP contribution in [0.4, 0.5) is 5.95 Å². The van der Waals surface area contributed by atoms with E-state index in [1.165, 1.54) is 30.5 Å². The van der Waals surface area contributed by atoms with Crippen molar-refractivity contribution in [3.8, 4) is 11.5 Å². The van der Waals surface area contributed by atoms with Gasteiger partial charge >= 0.3 is 5.91 Å². The summed E-state index contributed by atoms with van der Waals surface area (Å²) in [5.41, 5.74) is 1.61. The van der Waals surface area contributed by atoms with Gasteiger partial charge in [-0.1, -0.05) is 42.5 Å². The second kappa shape index (κ2) is 8.79. The maximum atomic E-state index is 13.4. The molecule has 8 nitrogen and oxygen atoms in total. The van der Waals surface area contributed by atoms with Crippen LogP contribution in [0, 0.1) is 0 Å². The Labute approximate surface area is 215 Å². The molecule has 2 N–H and O–H groups in total. The summed E-state index contributed by atoms with van der Waals surface area (Å²) in [7, 11) is 3.06. The first-order valence-electron chi connectivity index (χ1n) is 11.5. The fraction of sp³-hybridized carbons (Fsp3) is 0.107. The smallest absolute Gasteiger partial charge is 0.302 e. The van der Waals surface area contributed by atoms with Crippen LogP contribution in [-0.4, -0.2) is 41.0 Å². The zero-order valence-corrected chi connectivity index (χ0v) is 20.7. The fourth-order valence-electron chi connectivity index (χ4n) is 4.70. The first-order chi connectivity index (χ1) is 18.0. The number of anilines is 1. The molecule has 184 valence electrons. The summed E-state index contributed by atoms with van der Waals surface area (Å²) in [6.07, 6.45) is 0. The summed E-state index contributed by atoms with van der Waals surface area (Å²) >= 11 is 1.39. The van der Waals surface area contributed by atoms with Crippen LogP contribution in [0.2, 0.25) is 0 Å². The van der Waals surface area contributed by atoms with Gasteiger partial charge in [0.15, 0.2) is 11.5 Å². The molecular weight excluding hydrogens is 490 g/mol. The number of ketones is 1. The predicted octanol–water partition coefficient (Wildman–Crippen LogP) is 5.42. The standard InChI is InChI=1S/C28H21N3O5S/c1-35-20-13-18-19(14-21(20)36-2)30-28(29-18)31-24(22-8-5-11-37-22)23(26(33)27(31)34)25(32)17-10-9-15-6-3-4-7-16(15)12-17/h3-14,24,32H,1-2H3,(H,29,30)/b25-23+. The molecule has 9 heteroatoms. The Hall–Kier alpha value is -4.63. The van der Waals surface area contributed by atoms with Crippen molar-refractivity contribution in [3.63, 3.8) is 0 Å². The van der Waals surface area contributed by atoms with E-state index in [0.717, 1.165) is 15.6 Å². The van der Waals surface area contributed by atoms with Crippen LogP contribution in [0.25, 0.3) is 27.6 Å². The highest BCUT2D eigenvalue weighted by Crippen LogP contribution is 2.44. The van der Waals surface area contributed by atoms with Crippen LogP contribution in [0.1, 0.15) is 16.5 Å². The summed E-state index contributed by atoms with van der Waals surface area (Å²) in [5, 5.41) is 15.2. The van der Waals surface area contributed by atoms with Gasteiger partial charge in [-0.2, -0.15) is 0 Å². The molecule has 0 bridgehead atoms. The molecule has 1 amide bonds. The van der Waals surface area contributed by atoms with Gasteiger partial charge in [0.2, 0.25) is 5.95 Å². The molecule has 3 aromatic carbocycles. The maximum absolute atomic E-state index is 13.4. The molecule has 0 aliphatic carbocycles. The Morgan fingerprint density at radius 2 is 1.73 bits per heavy atom. The molecule has 1 aliphatic rings. The number of aliphatic hydroxyl groups is 1. The van der Waals surface area contributed by atoms with E-state index in [0.29, 0.717) is 28.1 Å². The number of aromatic nitrogens is 2. The van der Waals surface area contributed by atoms with Crippen LogP contribution in [0.3, 0.4) is 0 Å². The Bertz CT molecular complexity index is 1680. The molecule has 0 saturated carbocycles. The van der Waals surface area contributed by atoms with Gasteiger partial charge in [-0.3, -0.25) is 14.5 Å². The van der Waals surface area contributed by atoms with E-state index in [4.69, 9.17) is 9.47 Å². The quantitative estimate of drug-likeness (QED) is 0.185. The van der Waals surface area contributed by atoms with E-state index < -0.39 is 17.7 Å². The number of nitrogens with zero attached hydrogens (tertiary/aromatic N) is 2. The molecule has 1 aliphatic heterocycles. The third-order valence-corrected chi connectivity index (χ3v) is 7.41. The number of imidazole rings is 1. The largest absolute Gasteiger partial charge is 0.507 e. The number of amides is 1. The van der Waals surface area contributed by atoms with Gasteiger partial charge in [-0.05, 0) is 28.3 Å². The topological polar surface area (TPSA) is 105 Å². The Morgan fingerprint density at radius 1 is 0.973 bits per heavy atom. The van der Waals surface area contributed by atoms with Gasteiger partial charge in [0, 0.05) is 22.6 Å². The number of rotatable bonds is 5. The Kier molecular flexibility index (Phi) is 5.42. The van der Waals surface area contributed by atoms with E-state index in [1.54, 1.807) is 18.2 Å². The number of carbonyl (C=O) groups is 2. The summed E-state index contributed by atoms with van der Waals surface area (Å²) in [6.45, 7) is 0. The first kappa shape index (κ1) is 22.8. The van der Waals surface area contributed by atoms with Gasteiger partial charge < -0.3 is 19.6 Å². The Balaban J connectivity index is 1.53. The second-order valence-electron chi connectivity index (χ2n) is 8.53. The molecule has 0 spiro atoms. The molecule has 6 rings (SSSR count). The van der Waals surface area contributed by atoms with Crippen molar-refractivity contribution in [3.05, 3.63) is 88.1 Å². The van der Waals surface area contributed by atoms with Crippen LogP contribution >= 0.6 is 11.3 Å². The lowest BCUT2D eigenvalue weighted by molar-refractivity contribution is -0.132. The van der Waals surface area contributed by atoms with Gasteiger partial charge in [0.05, 0.1) is 30.8 Å². The van der Waals surface area contributed by atoms with Crippen molar-refractivity contribution in [1.29, 1.82) is 0 Å². The number of hydrogen-bond donors (Lipinski definition) is 2. The van der Waals surface area contributed by atoms with Crippen molar-refractivity contribution < 1.29 is 24.2 Å². The Morgan fingerprint density at radius 3 is 2.46 bits per heavy atom. The molecule has 1 unspecified atom stereocenters. The van der Waals surface area contributed by atoms with E-state index in [1.807, 2.05) is 53.9 Å². The molecule has 37 heavy (non-hydrogen) atoms. The molecule has 1 fully saturated rings. The lowest BCUT2D eigenvalue weighted by atomic mass is 9.98. The predicted molar refractivity (Wildman–Crippen MR) is 142 cm³/mol. The van der Waals surface area contributed by atoms with E-state index >= 15 is 0 Å². The molecule has 3 heterocycles. The van der Waals surface area contributed by atoms with Crippen molar-refractivity contribution in [2.24, 2.45) is 0 Å². The highest BCUT2D eigenvalue weighted by molar-refractivity contribution is 7.10. The summed E-state index contributed by atoms with van der Waals surface area (Å²) in [4.78, 5) is 36.6. The van der Waals surface area contributed by atoms with Crippen LogP contribution in [0.5, 0.6) is 11.5 Å². The van der Waals surface area contributed by atoms with Crippen molar-refractivity contribution in [2.45, 2.75) is 6.04 Å². The number of thiophene rings is 1. The number of aliphatic hydroxyl groups excluding tert-OH is 1. The van der Waals surface area contributed by atoms with Crippen molar-refractivity contribution in [2.75, 3.05) is 19.1 Å². The average Bonchev–Trinajstić information content (AvgIpc) is 3.65. The number of methoxy groups -OCH3 is 2. The van der Waals surface area contributed by atoms with Crippen LogP contribution < -0.4 is 14.4 Å². The van der Waals surface area contributed by atoms with Gasteiger partial charge in [0.25, 0.3) is 5.78 Å². The minimum atomic E-state index is -0.851. The minimum Gasteiger partial charge on any atom is -0.507 e. The van der Waals surface area contributed by atoms with Crippen molar-refractivity contribution in [1.82, 2.24) is 9.97 Å². The highest BCUT2D eigenvalue weighted by Gasteiger charge is 2.48. The van der Waals surface area contributed by atoms with Gasteiger partial charge in [0.1, 0.15) is 11.8 Å². The number of ether oxygens (including phenoxy) is 2. The van der Waals surface area contributed by atoms with Crippen LogP contribution in [-0.2, 0) is 9.59 Å². The van der Waals surface area contributed by atoms with Gasteiger partial charge in [-0.25, -0.2) is 4.98 Å². The van der Waals surface area contributed by atoms with Crippen molar-refractivity contribution >= 4 is 56.5 Å². The molecule has 1 atom stereocenters. The number of benzene rings is 3. The lowest BCUT2D eigenvalue weighted by Gasteiger charge is -2.21. The molecule has 5 aromatic rings. The van der Waals surface area contributed by atoms with E-state index in [9.17, 15) is 14.7 Å². The number of carbonyl (C=O) groups excluding carboxylic acids is 2. The monoisotopic (exact) mass is 511 g/mol. The summed E-state index contributed by atoms with van der Waals surface area (Å²) in [5.74, 6) is -0.620.